The van der Waals surface area contributed by atoms with E-state index in [1.54, 1.807) is 0 Å². The summed E-state index contributed by atoms with van der Waals surface area (Å²) in [5.41, 5.74) is -0.220. The van der Waals surface area contributed by atoms with Crippen molar-refractivity contribution in [3.05, 3.63) is 0 Å². The van der Waals surface area contributed by atoms with Crippen molar-refractivity contribution in [2.45, 2.75) is 71.9 Å². The molecular formula is C14H27NO2. The van der Waals surface area contributed by atoms with Crippen LogP contribution in [0.2, 0.25) is 0 Å². The lowest BCUT2D eigenvalue weighted by atomic mass is 9.87. The highest BCUT2D eigenvalue weighted by molar-refractivity contribution is 5.81. The van der Waals surface area contributed by atoms with Gasteiger partial charge in [0, 0.05) is 6.04 Å². The summed E-state index contributed by atoms with van der Waals surface area (Å²) in [6.45, 7) is 11.1. The van der Waals surface area contributed by atoms with E-state index in [2.05, 4.69) is 33.0 Å². The van der Waals surface area contributed by atoms with Crippen LogP contribution in [0.3, 0.4) is 0 Å². The first-order valence-electron chi connectivity index (χ1n) is 6.80. The number of carbonyl (C=O) groups excluding carboxylic acids is 1. The molecule has 0 aliphatic heterocycles. The molecule has 0 amide bonds. The largest absolute Gasteiger partial charge is 0.465 e. The topological polar surface area (TPSA) is 38.3 Å². The standard InChI is InChI=1S/C14H27NO2/c1-6-11(3)15-14(12(16)17-7-2)9-8-13(4,5)10-14/h11,15H,6-10H2,1-5H3. The van der Waals surface area contributed by atoms with Crippen molar-refractivity contribution in [2.24, 2.45) is 5.41 Å². The van der Waals surface area contributed by atoms with E-state index in [1.165, 1.54) is 0 Å². The maximum atomic E-state index is 12.2. The maximum absolute atomic E-state index is 12.2. The van der Waals surface area contributed by atoms with Crippen LogP contribution in [0.4, 0.5) is 0 Å². The van der Waals surface area contributed by atoms with Gasteiger partial charge in [-0.25, -0.2) is 0 Å². The lowest BCUT2D eigenvalue weighted by Crippen LogP contribution is -2.54. The van der Waals surface area contributed by atoms with Crippen LogP contribution >= 0.6 is 0 Å². The minimum absolute atomic E-state index is 0.0640. The van der Waals surface area contributed by atoms with E-state index in [1.807, 2.05) is 6.92 Å². The highest BCUT2D eigenvalue weighted by atomic mass is 16.5. The smallest absolute Gasteiger partial charge is 0.326 e. The summed E-state index contributed by atoms with van der Waals surface area (Å²) in [5.74, 6) is -0.0640. The SMILES string of the molecule is CCOC(=O)C1(NC(C)CC)CCC(C)(C)C1. The zero-order chi connectivity index (χ0) is 13.1. The molecule has 0 aromatic rings. The third kappa shape index (κ3) is 3.44. The minimum atomic E-state index is -0.449. The maximum Gasteiger partial charge on any atom is 0.326 e. The fourth-order valence-corrected chi connectivity index (χ4v) is 2.74. The number of hydrogen-bond donors (Lipinski definition) is 1. The molecule has 0 aromatic heterocycles. The molecular weight excluding hydrogens is 214 g/mol. The lowest BCUT2D eigenvalue weighted by molar-refractivity contribution is -0.151. The molecule has 0 saturated heterocycles. The van der Waals surface area contributed by atoms with Gasteiger partial charge in [0.05, 0.1) is 6.61 Å². The molecule has 1 saturated carbocycles. The molecule has 1 aliphatic rings. The summed E-state index contributed by atoms with van der Waals surface area (Å²) in [5, 5.41) is 3.51. The predicted octanol–water partition coefficient (Wildman–Crippen LogP) is 2.89. The monoisotopic (exact) mass is 241 g/mol. The van der Waals surface area contributed by atoms with Crippen molar-refractivity contribution >= 4 is 5.97 Å². The van der Waals surface area contributed by atoms with Crippen LogP contribution in [0.1, 0.15) is 60.3 Å². The minimum Gasteiger partial charge on any atom is -0.465 e. The van der Waals surface area contributed by atoms with Crippen LogP contribution in [0, 0.1) is 5.41 Å². The van der Waals surface area contributed by atoms with Gasteiger partial charge in [0.2, 0.25) is 0 Å². The number of esters is 1. The molecule has 0 radical (unpaired) electrons. The van der Waals surface area contributed by atoms with E-state index in [9.17, 15) is 4.79 Å². The Morgan fingerprint density at radius 3 is 2.41 bits per heavy atom. The van der Waals surface area contributed by atoms with Crippen molar-refractivity contribution in [1.82, 2.24) is 5.32 Å². The Morgan fingerprint density at radius 2 is 2.00 bits per heavy atom. The highest BCUT2D eigenvalue weighted by Crippen LogP contribution is 2.44. The van der Waals surface area contributed by atoms with Crippen LogP contribution in [-0.2, 0) is 9.53 Å². The van der Waals surface area contributed by atoms with Gasteiger partial charge in [-0.2, -0.15) is 0 Å². The Labute approximate surface area is 105 Å². The number of ether oxygens (including phenoxy) is 1. The summed E-state index contributed by atoms with van der Waals surface area (Å²) in [7, 11) is 0. The van der Waals surface area contributed by atoms with Gasteiger partial charge >= 0.3 is 5.97 Å². The van der Waals surface area contributed by atoms with E-state index < -0.39 is 5.54 Å². The first kappa shape index (κ1) is 14.5. The summed E-state index contributed by atoms with van der Waals surface area (Å²) >= 11 is 0. The molecule has 1 fully saturated rings. The summed E-state index contributed by atoms with van der Waals surface area (Å²) in [4.78, 5) is 12.2. The second-order valence-corrected chi connectivity index (χ2v) is 6.10. The Morgan fingerprint density at radius 1 is 1.35 bits per heavy atom. The molecule has 0 bridgehead atoms. The Bertz CT molecular complexity index is 275. The molecule has 0 heterocycles. The van der Waals surface area contributed by atoms with E-state index in [-0.39, 0.29) is 11.4 Å². The first-order valence-corrected chi connectivity index (χ1v) is 6.80. The number of carbonyl (C=O) groups is 1. The average molecular weight is 241 g/mol. The molecule has 1 rings (SSSR count). The molecule has 3 nitrogen and oxygen atoms in total. The van der Waals surface area contributed by atoms with Gasteiger partial charge in [0.1, 0.15) is 5.54 Å². The van der Waals surface area contributed by atoms with Gasteiger partial charge in [-0.15, -0.1) is 0 Å². The Balaban J connectivity index is 2.82. The molecule has 3 heteroatoms. The molecule has 0 spiro atoms. The summed E-state index contributed by atoms with van der Waals surface area (Å²) in [6, 6.07) is 0.355. The number of hydrogen-bond acceptors (Lipinski definition) is 3. The highest BCUT2D eigenvalue weighted by Gasteiger charge is 2.49. The average Bonchev–Trinajstić information content (AvgIpc) is 2.56. The van der Waals surface area contributed by atoms with Gasteiger partial charge in [0.15, 0.2) is 0 Å². The van der Waals surface area contributed by atoms with Crippen molar-refractivity contribution in [3.8, 4) is 0 Å². The van der Waals surface area contributed by atoms with Crippen LogP contribution < -0.4 is 5.32 Å². The molecule has 2 unspecified atom stereocenters. The van der Waals surface area contributed by atoms with Gasteiger partial charge < -0.3 is 4.74 Å². The third-order valence-electron chi connectivity index (χ3n) is 3.81. The van der Waals surface area contributed by atoms with E-state index in [0.29, 0.717) is 12.6 Å². The third-order valence-corrected chi connectivity index (χ3v) is 3.81. The van der Waals surface area contributed by atoms with Crippen LogP contribution in [0.15, 0.2) is 0 Å². The molecule has 1 N–H and O–H groups in total. The molecule has 2 atom stereocenters. The zero-order valence-electron chi connectivity index (χ0n) is 11.9. The second kappa shape index (κ2) is 5.38. The molecule has 0 aromatic carbocycles. The zero-order valence-corrected chi connectivity index (χ0v) is 11.9. The van der Waals surface area contributed by atoms with Gasteiger partial charge in [-0.1, -0.05) is 20.8 Å². The Kier molecular flexibility index (Phi) is 4.59. The lowest BCUT2D eigenvalue weighted by Gasteiger charge is -2.32. The van der Waals surface area contributed by atoms with Crippen LogP contribution in [0.25, 0.3) is 0 Å². The first-order chi connectivity index (χ1) is 7.85. The van der Waals surface area contributed by atoms with Crippen molar-refractivity contribution in [2.75, 3.05) is 6.61 Å². The van der Waals surface area contributed by atoms with Crippen LogP contribution in [0.5, 0.6) is 0 Å². The van der Waals surface area contributed by atoms with Crippen molar-refractivity contribution < 1.29 is 9.53 Å². The fraction of sp³-hybridized carbons (Fsp3) is 0.929. The molecule has 17 heavy (non-hydrogen) atoms. The van der Waals surface area contributed by atoms with E-state index >= 15 is 0 Å². The summed E-state index contributed by atoms with van der Waals surface area (Å²) < 4.78 is 5.27. The van der Waals surface area contributed by atoms with Gasteiger partial charge in [-0.3, -0.25) is 10.1 Å². The normalized spacial score (nSPS) is 29.0. The number of nitrogens with one attached hydrogen (secondary N) is 1. The molecule has 100 valence electrons. The van der Waals surface area contributed by atoms with Gasteiger partial charge in [0.25, 0.3) is 0 Å². The fourth-order valence-electron chi connectivity index (χ4n) is 2.74. The van der Waals surface area contributed by atoms with Crippen molar-refractivity contribution in [1.29, 1.82) is 0 Å². The number of rotatable bonds is 5. The van der Waals surface area contributed by atoms with Gasteiger partial charge in [-0.05, 0) is 44.9 Å². The van der Waals surface area contributed by atoms with Crippen LogP contribution in [-0.4, -0.2) is 24.2 Å². The van der Waals surface area contributed by atoms with E-state index in [4.69, 9.17) is 4.74 Å². The Hall–Kier alpha value is -0.570. The molecule has 1 aliphatic carbocycles. The second-order valence-electron chi connectivity index (χ2n) is 6.10. The predicted molar refractivity (Wildman–Crippen MR) is 69.9 cm³/mol. The quantitative estimate of drug-likeness (QED) is 0.752. The van der Waals surface area contributed by atoms with Crippen molar-refractivity contribution in [3.63, 3.8) is 0 Å². The summed E-state index contributed by atoms with van der Waals surface area (Å²) in [6.07, 6.45) is 3.88. The van der Waals surface area contributed by atoms with E-state index in [0.717, 1.165) is 25.7 Å².